The van der Waals surface area contributed by atoms with E-state index in [1.165, 1.54) is 6.08 Å². The fourth-order valence-electron chi connectivity index (χ4n) is 3.39. The van der Waals surface area contributed by atoms with Gasteiger partial charge >= 0.3 is 0 Å². The summed E-state index contributed by atoms with van der Waals surface area (Å²) >= 11 is 0. The summed E-state index contributed by atoms with van der Waals surface area (Å²) in [5, 5.41) is 7.46. The molecule has 1 fully saturated rings. The highest BCUT2D eigenvalue weighted by Gasteiger charge is 2.64. The molecule has 3 atom stereocenters. The minimum Gasteiger partial charge on any atom is -0.398 e. The first-order chi connectivity index (χ1) is 10.5. The third-order valence-corrected chi connectivity index (χ3v) is 4.63. The van der Waals surface area contributed by atoms with E-state index in [1.807, 2.05) is 12.2 Å². The van der Waals surface area contributed by atoms with Gasteiger partial charge in [-0.2, -0.15) is 0 Å². The molecule has 22 heavy (non-hydrogen) atoms. The molecule has 0 aromatic heterocycles. The van der Waals surface area contributed by atoms with E-state index in [4.69, 9.17) is 11.1 Å². The average Bonchev–Trinajstić information content (AvgIpc) is 3.05. The molecule has 4 aliphatic rings. The SMILES string of the molecule is N=C1C(F)=CC2(C3=C=NC4=C3C(N)=CC=CC=C4)CC2C1F. The first kappa shape index (κ1) is 13.2. The second kappa shape index (κ2) is 4.24. The highest BCUT2D eigenvalue weighted by molar-refractivity contribution is 6.02. The average molecular weight is 297 g/mol. The Morgan fingerprint density at radius 2 is 2.18 bits per heavy atom. The molecule has 0 aromatic carbocycles. The lowest BCUT2D eigenvalue weighted by molar-refractivity contribution is 0.348. The van der Waals surface area contributed by atoms with Crippen molar-refractivity contribution in [3.05, 3.63) is 64.8 Å². The molecule has 0 amide bonds. The highest BCUT2D eigenvalue weighted by atomic mass is 19.1. The fourth-order valence-corrected chi connectivity index (χ4v) is 3.39. The van der Waals surface area contributed by atoms with Gasteiger partial charge in [0.1, 0.15) is 17.7 Å². The van der Waals surface area contributed by atoms with Crippen LogP contribution in [0.4, 0.5) is 8.78 Å². The van der Waals surface area contributed by atoms with Crippen LogP contribution in [0.5, 0.6) is 0 Å². The topological polar surface area (TPSA) is 62.2 Å². The smallest absolute Gasteiger partial charge is 0.148 e. The number of nitrogens with two attached hydrogens (primary N) is 1. The number of nitrogens with zero attached hydrogens (tertiary/aromatic N) is 1. The molecule has 1 saturated carbocycles. The number of aliphatic imine (C=N–C) groups is 1. The summed E-state index contributed by atoms with van der Waals surface area (Å²) in [6.45, 7) is 0. The van der Waals surface area contributed by atoms with Gasteiger partial charge in [0.15, 0.2) is 0 Å². The molecular weight excluding hydrogens is 284 g/mol. The molecule has 110 valence electrons. The van der Waals surface area contributed by atoms with Gasteiger partial charge in [0, 0.05) is 28.2 Å². The highest BCUT2D eigenvalue weighted by Crippen LogP contribution is 2.66. The number of hydrogen-bond acceptors (Lipinski definition) is 3. The molecule has 3 N–H and O–H groups in total. The van der Waals surface area contributed by atoms with Gasteiger partial charge in [0.05, 0.1) is 5.70 Å². The third kappa shape index (κ3) is 1.60. The van der Waals surface area contributed by atoms with Crippen molar-refractivity contribution in [3.63, 3.8) is 0 Å². The monoisotopic (exact) mass is 297 g/mol. The Bertz CT molecular complexity index is 819. The Labute approximate surface area is 126 Å². The van der Waals surface area contributed by atoms with Gasteiger partial charge in [-0.05, 0) is 30.5 Å². The normalized spacial score (nSPS) is 35.4. The summed E-state index contributed by atoms with van der Waals surface area (Å²) < 4.78 is 28.1. The first-order valence-corrected chi connectivity index (χ1v) is 7.05. The summed E-state index contributed by atoms with van der Waals surface area (Å²) in [6.07, 6.45) is 9.23. The minimum atomic E-state index is -1.59. The van der Waals surface area contributed by atoms with Gasteiger partial charge in [-0.15, -0.1) is 0 Å². The van der Waals surface area contributed by atoms with E-state index in [2.05, 4.69) is 10.9 Å². The molecular formula is C17H13F2N3. The van der Waals surface area contributed by atoms with E-state index in [0.717, 1.165) is 0 Å². The van der Waals surface area contributed by atoms with Gasteiger partial charge < -0.3 is 5.73 Å². The molecule has 0 spiro atoms. The molecule has 3 unspecified atom stereocenters. The van der Waals surface area contributed by atoms with Gasteiger partial charge in [-0.1, -0.05) is 18.2 Å². The lowest BCUT2D eigenvalue weighted by atomic mass is 9.81. The van der Waals surface area contributed by atoms with E-state index in [-0.39, 0.29) is 0 Å². The fraction of sp³-hybridized carbons (Fsp3) is 0.235. The Kier molecular flexibility index (Phi) is 2.54. The largest absolute Gasteiger partial charge is 0.398 e. The number of allylic oxidation sites excluding steroid dienone is 8. The summed E-state index contributed by atoms with van der Waals surface area (Å²) in [5.41, 5.74) is 7.24. The van der Waals surface area contributed by atoms with Crippen molar-refractivity contribution in [3.8, 4) is 0 Å². The van der Waals surface area contributed by atoms with Crippen molar-refractivity contribution in [1.29, 1.82) is 5.41 Å². The number of rotatable bonds is 1. The molecule has 4 rings (SSSR count). The predicted octanol–water partition coefficient (Wildman–Crippen LogP) is 3.05. The van der Waals surface area contributed by atoms with Crippen LogP contribution in [-0.4, -0.2) is 17.8 Å². The summed E-state index contributed by atoms with van der Waals surface area (Å²) in [6, 6.07) is 0. The van der Waals surface area contributed by atoms with Crippen molar-refractivity contribution in [2.45, 2.75) is 12.6 Å². The van der Waals surface area contributed by atoms with Crippen LogP contribution >= 0.6 is 0 Å². The molecule has 3 nitrogen and oxygen atoms in total. The Morgan fingerprint density at radius 3 is 3.00 bits per heavy atom. The Morgan fingerprint density at radius 1 is 1.36 bits per heavy atom. The number of nitrogens with one attached hydrogen (secondary N) is 1. The molecule has 1 aliphatic heterocycles. The van der Waals surface area contributed by atoms with Gasteiger partial charge in [0.2, 0.25) is 0 Å². The van der Waals surface area contributed by atoms with Gasteiger partial charge in [-0.25, -0.2) is 13.8 Å². The third-order valence-electron chi connectivity index (χ3n) is 4.63. The van der Waals surface area contributed by atoms with Crippen LogP contribution < -0.4 is 5.73 Å². The summed E-state index contributed by atoms with van der Waals surface area (Å²) in [5.74, 6) is 1.69. The predicted molar refractivity (Wildman–Crippen MR) is 80.9 cm³/mol. The standard InChI is InChI=1S/C17H13F2N3/c18-11-7-17(6-9(17)15(19)16(11)21)10-8-22-13-5-3-1-2-4-12(20)14(10)13/h1-5,7,9,15,21H,6,20H2. The van der Waals surface area contributed by atoms with Crippen LogP contribution in [0.3, 0.4) is 0 Å². The number of fused-ring (bicyclic) bond motifs is 1. The van der Waals surface area contributed by atoms with Crippen LogP contribution in [0, 0.1) is 16.7 Å². The number of alkyl halides is 1. The van der Waals surface area contributed by atoms with Crippen LogP contribution in [0.2, 0.25) is 0 Å². The molecule has 0 saturated heterocycles. The molecule has 0 radical (unpaired) electrons. The van der Waals surface area contributed by atoms with Crippen LogP contribution in [-0.2, 0) is 0 Å². The van der Waals surface area contributed by atoms with Crippen molar-refractivity contribution in [1.82, 2.24) is 0 Å². The van der Waals surface area contributed by atoms with E-state index < -0.39 is 29.0 Å². The minimum absolute atomic E-state index is 0.429. The zero-order valence-corrected chi connectivity index (χ0v) is 11.6. The lowest BCUT2D eigenvalue weighted by Crippen LogP contribution is -2.28. The van der Waals surface area contributed by atoms with Gasteiger partial charge in [-0.3, -0.25) is 5.41 Å². The van der Waals surface area contributed by atoms with Crippen molar-refractivity contribution in [2.75, 3.05) is 0 Å². The maximum Gasteiger partial charge on any atom is 0.148 e. The van der Waals surface area contributed by atoms with Crippen molar-refractivity contribution < 1.29 is 8.78 Å². The maximum atomic E-state index is 14.2. The number of hydrogen-bond donors (Lipinski definition) is 2. The summed E-state index contributed by atoms with van der Waals surface area (Å²) in [4.78, 5) is 4.23. The quantitative estimate of drug-likeness (QED) is 0.767. The van der Waals surface area contributed by atoms with E-state index >= 15 is 0 Å². The van der Waals surface area contributed by atoms with E-state index in [1.54, 1.807) is 18.2 Å². The molecule has 0 bridgehead atoms. The molecule has 1 heterocycles. The van der Waals surface area contributed by atoms with Gasteiger partial charge in [0.25, 0.3) is 0 Å². The van der Waals surface area contributed by atoms with Crippen molar-refractivity contribution in [2.24, 2.45) is 22.1 Å². The molecule has 3 aliphatic carbocycles. The number of halogens is 2. The molecule has 0 aromatic rings. The maximum absolute atomic E-state index is 14.2. The second-order valence-corrected chi connectivity index (χ2v) is 5.88. The second-order valence-electron chi connectivity index (χ2n) is 5.88. The van der Waals surface area contributed by atoms with Crippen LogP contribution in [0.15, 0.2) is 69.8 Å². The zero-order valence-electron chi connectivity index (χ0n) is 11.6. The molecule has 5 heteroatoms. The first-order valence-electron chi connectivity index (χ1n) is 7.05. The van der Waals surface area contributed by atoms with E-state index in [0.29, 0.717) is 29.0 Å². The Balaban J connectivity index is 1.83. The van der Waals surface area contributed by atoms with Crippen molar-refractivity contribution >= 4 is 11.6 Å². The Hall–Kier alpha value is -2.52. The van der Waals surface area contributed by atoms with Crippen LogP contribution in [0.25, 0.3) is 0 Å². The van der Waals surface area contributed by atoms with Crippen LogP contribution in [0.1, 0.15) is 6.42 Å². The zero-order chi connectivity index (χ0) is 15.5. The van der Waals surface area contributed by atoms with E-state index in [9.17, 15) is 8.78 Å². The lowest BCUT2D eigenvalue weighted by Gasteiger charge is -2.23. The summed E-state index contributed by atoms with van der Waals surface area (Å²) in [7, 11) is 0.